The topological polar surface area (TPSA) is 26.3 Å². The van der Waals surface area contributed by atoms with Crippen LogP contribution < -0.4 is 4.74 Å². The molecule has 0 amide bonds. The molecule has 2 nitrogen and oxygen atoms in total. The Hall–Kier alpha value is -0.350. The summed E-state index contributed by atoms with van der Waals surface area (Å²) in [5, 5.41) is 0. The van der Waals surface area contributed by atoms with Crippen LogP contribution in [0.3, 0.4) is 0 Å². The second-order valence-corrected chi connectivity index (χ2v) is 7.16. The Balaban J connectivity index is 2.86. The van der Waals surface area contributed by atoms with Gasteiger partial charge in [0.05, 0.1) is 16.8 Å². The van der Waals surface area contributed by atoms with Crippen LogP contribution in [0.4, 0.5) is 0 Å². The average molecular weight is 378 g/mol. The number of alkyl halides is 2. The molecule has 0 unspecified atom stereocenters. The smallest absolute Gasteiger partial charge is 0.153 e. The maximum absolute atomic E-state index is 12.2. The number of rotatable bonds is 4. The van der Waals surface area contributed by atoms with Gasteiger partial charge in [-0.25, -0.2) is 0 Å². The van der Waals surface area contributed by atoms with Crippen LogP contribution in [0, 0.1) is 5.41 Å². The first-order valence-corrected chi connectivity index (χ1v) is 7.57. The summed E-state index contributed by atoms with van der Waals surface area (Å²) in [4.78, 5) is 11.9. The maximum Gasteiger partial charge on any atom is 0.153 e. The van der Waals surface area contributed by atoms with Gasteiger partial charge >= 0.3 is 0 Å². The molecule has 0 N–H and O–H groups in total. The molecule has 0 spiro atoms. The van der Waals surface area contributed by atoms with E-state index in [4.69, 9.17) is 4.74 Å². The van der Waals surface area contributed by atoms with Crippen molar-refractivity contribution in [3.63, 3.8) is 0 Å². The van der Waals surface area contributed by atoms with E-state index in [-0.39, 0.29) is 20.9 Å². The van der Waals surface area contributed by atoms with Crippen molar-refractivity contribution in [2.75, 3.05) is 7.11 Å². The normalized spacial score (nSPS) is 15.0. The number of carbonyl (C=O) groups is 1. The number of ketones is 1. The van der Waals surface area contributed by atoms with Gasteiger partial charge in [0.2, 0.25) is 0 Å². The van der Waals surface area contributed by atoms with Gasteiger partial charge < -0.3 is 4.74 Å². The summed E-state index contributed by atoms with van der Waals surface area (Å²) in [6, 6.07) is 7.71. The van der Waals surface area contributed by atoms with Crippen LogP contribution in [0.1, 0.15) is 31.2 Å². The summed E-state index contributed by atoms with van der Waals surface area (Å²) in [5.41, 5.74) is 0.697. The molecule has 0 saturated carbocycles. The molecule has 4 heteroatoms. The molecular formula is C14H18Br2O2. The van der Waals surface area contributed by atoms with Gasteiger partial charge in [0.15, 0.2) is 5.78 Å². The predicted molar refractivity (Wildman–Crippen MR) is 81.8 cm³/mol. The summed E-state index contributed by atoms with van der Waals surface area (Å²) in [5.74, 6) is 0.993. The Kier molecular flexibility index (Phi) is 5.41. The van der Waals surface area contributed by atoms with Crippen LogP contribution in [0.15, 0.2) is 24.3 Å². The standard InChI is InChI=1S/C14H18Br2O2/c1-14(2,3)13(17)12(16)11(15)9-5-7-10(18-4)8-6-9/h5-8,11-12H,1-4H3/t11-,12+/m1/s1. The molecule has 0 saturated heterocycles. The van der Waals surface area contributed by atoms with Crippen LogP contribution in [0.2, 0.25) is 0 Å². The second kappa shape index (κ2) is 6.20. The summed E-state index contributed by atoms with van der Waals surface area (Å²) >= 11 is 7.07. The van der Waals surface area contributed by atoms with Crippen molar-refractivity contribution in [2.45, 2.75) is 30.4 Å². The molecule has 0 aromatic heterocycles. The number of benzene rings is 1. The molecule has 1 aromatic carbocycles. The van der Waals surface area contributed by atoms with Crippen molar-refractivity contribution in [2.24, 2.45) is 5.41 Å². The highest BCUT2D eigenvalue weighted by atomic mass is 79.9. The molecular weight excluding hydrogens is 360 g/mol. The Morgan fingerprint density at radius 2 is 1.67 bits per heavy atom. The zero-order valence-electron chi connectivity index (χ0n) is 11.0. The first kappa shape index (κ1) is 15.7. The van der Waals surface area contributed by atoms with Gasteiger partial charge in [0, 0.05) is 5.41 Å². The van der Waals surface area contributed by atoms with E-state index in [1.54, 1.807) is 7.11 Å². The molecule has 0 bridgehead atoms. The largest absolute Gasteiger partial charge is 0.497 e. The number of halogens is 2. The molecule has 100 valence electrons. The predicted octanol–water partition coefficient (Wildman–Crippen LogP) is 4.51. The number of hydrogen-bond donors (Lipinski definition) is 0. The second-order valence-electron chi connectivity index (χ2n) is 5.19. The van der Waals surface area contributed by atoms with Gasteiger partial charge in [-0.3, -0.25) is 4.79 Å². The Labute approximate surface area is 125 Å². The van der Waals surface area contributed by atoms with Crippen LogP contribution in [0.5, 0.6) is 5.75 Å². The molecule has 0 heterocycles. The maximum atomic E-state index is 12.2. The van der Waals surface area contributed by atoms with Crippen molar-refractivity contribution in [1.29, 1.82) is 0 Å². The molecule has 1 rings (SSSR count). The van der Waals surface area contributed by atoms with E-state index in [0.29, 0.717) is 0 Å². The third-order valence-electron chi connectivity index (χ3n) is 2.68. The molecule has 0 fully saturated rings. The third kappa shape index (κ3) is 3.82. The first-order valence-electron chi connectivity index (χ1n) is 5.73. The number of methoxy groups -OCH3 is 1. The van der Waals surface area contributed by atoms with Crippen molar-refractivity contribution in [1.82, 2.24) is 0 Å². The molecule has 18 heavy (non-hydrogen) atoms. The Morgan fingerprint density at radius 1 is 1.17 bits per heavy atom. The highest BCUT2D eigenvalue weighted by Crippen LogP contribution is 2.36. The molecule has 1 aromatic rings. The minimum atomic E-state index is -0.355. The van der Waals surface area contributed by atoms with E-state index < -0.39 is 0 Å². The Bertz CT molecular complexity index is 407. The van der Waals surface area contributed by atoms with E-state index in [9.17, 15) is 4.79 Å². The lowest BCUT2D eigenvalue weighted by atomic mass is 9.87. The van der Waals surface area contributed by atoms with Crippen LogP contribution >= 0.6 is 31.9 Å². The molecule has 0 aliphatic rings. The highest BCUT2D eigenvalue weighted by molar-refractivity contribution is 9.12. The van der Waals surface area contributed by atoms with Crippen molar-refractivity contribution in [3.05, 3.63) is 29.8 Å². The zero-order valence-corrected chi connectivity index (χ0v) is 14.2. The van der Waals surface area contributed by atoms with Crippen molar-refractivity contribution in [3.8, 4) is 5.75 Å². The number of Topliss-reactive ketones (excluding diaryl/α,β-unsaturated/α-hetero) is 1. The number of carbonyl (C=O) groups excluding carboxylic acids is 1. The van der Waals surface area contributed by atoms with E-state index >= 15 is 0 Å². The minimum Gasteiger partial charge on any atom is -0.497 e. The molecule has 2 atom stereocenters. The third-order valence-corrected chi connectivity index (χ3v) is 5.39. The van der Waals surface area contributed by atoms with Crippen LogP contribution in [-0.2, 0) is 4.79 Å². The van der Waals surface area contributed by atoms with E-state index in [2.05, 4.69) is 31.9 Å². The Morgan fingerprint density at radius 3 is 2.06 bits per heavy atom. The first-order chi connectivity index (χ1) is 8.27. The van der Waals surface area contributed by atoms with E-state index in [1.807, 2.05) is 45.0 Å². The van der Waals surface area contributed by atoms with Gasteiger partial charge in [-0.2, -0.15) is 0 Å². The van der Waals surface area contributed by atoms with E-state index in [1.165, 1.54) is 0 Å². The summed E-state index contributed by atoms with van der Waals surface area (Å²) in [7, 11) is 1.64. The van der Waals surface area contributed by atoms with Gasteiger partial charge in [0.1, 0.15) is 5.75 Å². The van der Waals surface area contributed by atoms with Crippen LogP contribution in [0.25, 0.3) is 0 Å². The van der Waals surface area contributed by atoms with Gasteiger partial charge in [-0.15, -0.1) is 0 Å². The quantitative estimate of drug-likeness (QED) is 0.721. The van der Waals surface area contributed by atoms with Crippen molar-refractivity contribution < 1.29 is 9.53 Å². The highest BCUT2D eigenvalue weighted by Gasteiger charge is 2.32. The summed E-state index contributed by atoms with van der Waals surface area (Å²) in [6.45, 7) is 5.78. The number of hydrogen-bond acceptors (Lipinski definition) is 2. The average Bonchev–Trinajstić information content (AvgIpc) is 2.35. The molecule has 0 radical (unpaired) electrons. The monoisotopic (exact) mass is 376 g/mol. The zero-order chi connectivity index (χ0) is 13.9. The lowest BCUT2D eigenvalue weighted by Gasteiger charge is -2.24. The fourth-order valence-electron chi connectivity index (χ4n) is 1.50. The van der Waals surface area contributed by atoms with E-state index in [0.717, 1.165) is 11.3 Å². The van der Waals surface area contributed by atoms with Crippen LogP contribution in [-0.4, -0.2) is 17.7 Å². The molecule has 0 aliphatic heterocycles. The summed E-state index contributed by atoms with van der Waals surface area (Å²) in [6.07, 6.45) is 0. The van der Waals surface area contributed by atoms with Gasteiger partial charge in [0.25, 0.3) is 0 Å². The van der Waals surface area contributed by atoms with Gasteiger partial charge in [-0.1, -0.05) is 64.8 Å². The minimum absolute atomic E-state index is 0.0462. The number of ether oxygens (including phenoxy) is 1. The fraction of sp³-hybridized carbons (Fsp3) is 0.500. The summed E-state index contributed by atoms with van der Waals surface area (Å²) < 4.78 is 5.12. The van der Waals surface area contributed by atoms with Gasteiger partial charge in [-0.05, 0) is 17.7 Å². The fourth-order valence-corrected chi connectivity index (χ4v) is 3.04. The lowest BCUT2D eigenvalue weighted by Crippen LogP contribution is -2.31. The van der Waals surface area contributed by atoms with Crippen molar-refractivity contribution >= 4 is 37.6 Å². The molecule has 0 aliphatic carbocycles. The lowest BCUT2D eigenvalue weighted by molar-refractivity contribution is -0.125. The SMILES string of the molecule is COc1ccc([C@@H](Br)[C@H](Br)C(=O)C(C)(C)C)cc1.